The van der Waals surface area contributed by atoms with E-state index in [4.69, 9.17) is 9.31 Å². The fourth-order valence-corrected chi connectivity index (χ4v) is 1.55. The zero-order valence-electron chi connectivity index (χ0n) is 9.12. The van der Waals surface area contributed by atoms with Gasteiger partial charge in [-0.3, -0.25) is 10.1 Å². The van der Waals surface area contributed by atoms with E-state index in [0.29, 0.717) is 0 Å². The average molecular weight is 221 g/mol. The van der Waals surface area contributed by atoms with E-state index in [9.17, 15) is 10.1 Å². The molecule has 0 N–H and O–H groups in total. The van der Waals surface area contributed by atoms with Gasteiger partial charge in [-0.15, -0.1) is 0 Å². The van der Waals surface area contributed by atoms with Crippen LogP contribution >= 0.6 is 0 Å². The zero-order chi connectivity index (χ0) is 11.7. The van der Waals surface area contributed by atoms with Gasteiger partial charge in [-0.1, -0.05) is 12.1 Å². The molecule has 6 heteroatoms. The monoisotopic (exact) mass is 221 g/mol. The molecule has 84 valence electrons. The van der Waals surface area contributed by atoms with Crippen LogP contribution < -0.4 is 5.46 Å². The van der Waals surface area contributed by atoms with Gasteiger partial charge >= 0.3 is 7.12 Å². The summed E-state index contributed by atoms with van der Waals surface area (Å²) in [5, 5.41) is 10.5. The smallest absolute Gasteiger partial charge is 0.402 e. The second-order valence-electron chi connectivity index (χ2n) is 3.86. The van der Waals surface area contributed by atoms with Crippen LogP contribution in [0.2, 0.25) is 0 Å². The standard InChI is InChI=1S/C10H12BNO4/c1-7-8(2)16-11(15-7)9-3-5-10(6-4-9)12(13)14/h3-8H,1-2H3. The molecule has 1 aromatic rings. The van der Waals surface area contributed by atoms with Crippen molar-refractivity contribution in [2.75, 3.05) is 0 Å². The largest absolute Gasteiger partial charge is 0.494 e. The molecule has 0 saturated carbocycles. The lowest BCUT2D eigenvalue weighted by Gasteiger charge is -2.04. The van der Waals surface area contributed by atoms with Gasteiger partial charge in [-0.2, -0.15) is 0 Å². The minimum Gasteiger partial charge on any atom is -0.402 e. The van der Waals surface area contributed by atoms with Crippen LogP contribution in [0.3, 0.4) is 0 Å². The minimum absolute atomic E-state index is 0.0418. The van der Waals surface area contributed by atoms with Crippen LogP contribution in [0.1, 0.15) is 13.8 Å². The van der Waals surface area contributed by atoms with Crippen LogP contribution in [0.5, 0.6) is 0 Å². The van der Waals surface area contributed by atoms with Gasteiger partial charge in [0.05, 0.1) is 17.1 Å². The summed E-state index contributed by atoms with van der Waals surface area (Å²) in [7, 11) is -0.411. The molecule has 2 atom stereocenters. The first kappa shape index (κ1) is 11.1. The highest BCUT2D eigenvalue weighted by Gasteiger charge is 2.35. The van der Waals surface area contributed by atoms with Gasteiger partial charge in [0.2, 0.25) is 0 Å². The Kier molecular flexibility index (Phi) is 2.94. The molecule has 0 bridgehead atoms. The van der Waals surface area contributed by atoms with Crippen molar-refractivity contribution < 1.29 is 14.2 Å². The number of benzene rings is 1. The number of hydrogen-bond acceptors (Lipinski definition) is 4. The second-order valence-corrected chi connectivity index (χ2v) is 3.86. The predicted molar refractivity (Wildman–Crippen MR) is 59.6 cm³/mol. The molecule has 0 radical (unpaired) electrons. The van der Waals surface area contributed by atoms with Crippen LogP contribution in [0.15, 0.2) is 24.3 Å². The Morgan fingerprint density at radius 2 is 1.69 bits per heavy atom. The average Bonchev–Trinajstić information content (AvgIpc) is 2.59. The summed E-state index contributed by atoms with van der Waals surface area (Å²) < 4.78 is 11.1. The van der Waals surface area contributed by atoms with Gasteiger partial charge in [0.25, 0.3) is 5.69 Å². The van der Waals surface area contributed by atoms with Gasteiger partial charge in [-0.05, 0) is 19.3 Å². The van der Waals surface area contributed by atoms with E-state index in [1.165, 1.54) is 12.1 Å². The Morgan fingerprint density at radius 3 is 2.12 bits per heavy atom. The fraction of sp³-hybridized carbons (Fsp3) is 0.400. The predicted octanol–water partition coefficient (Wildman–Crippen LogP) is 1.11. The summed E-state index contributed by atoms with van der Waals surface area (Å²) in [6.45, 7) is 3.88. The van der Waals surface area contributed by atoms with E-state index >= 15 is 0 Å². The molecule has 0 aromatic heterocycles. The quantitative estimate of drug-likeness (QED) is 0.426. The van der Waals surface area contributed by atoms with E-state index in [1.54, 1.807) is 12.1 Å². The summed E-state index contributed by atoms with van der Waals surface area (Å²) >= 11 is 0. The van der Waals surface area contributed by atoms with Crippen molar-refractivity contribution in [1.29, 1.82) is 0 Å². The van der Waals surface area contributed by atoms with Crippen LogP contribution in [-0.4, -0.2) is 24.2 Å². The SMILES string of the molecule is CC1OB(c2ccc([N+](=O)[O-])cc2)OC1C. The van der Waals surface area contributed by atoms with E-state index in [0.717, 1.165) is 5.46 Å². The Labute approximate surface area is 93.7 Å². The third-order valence-corrected chi connectivity index (χ3v) is 2.71. The first-order chi connectivity index (χ1) is 7.58. The van der Waals surface area contributed by atoms with Crippen molar-refractivity contribution in [3.05, 3.63) is 34.4 Å². The molecule has 1 heterocycles. The van der Waals surface area contributed by atoms with Gasteiger partial charge in [0.15, 0.2) is 0 Å². The fourth-order valence-electron chi connectivity index (χ4n) is 1.55. The first-order valence-corrected chi connectivity index (χ1v) is 5.13. The van der Waals surface area contributed by atoms with Crippen LogP contribution in [0.4, 0.5) is 5.69 Å². The lowest BCUT2D eigenvalue weighted by molar-refractivity contribution is -0.384. The molecule has 1 aliphatic heterocycles. The minimum atomic E-state index is -0.425. The summed E-state index contributed by atoms with van der Waals surface area (Å²) in [4.78, 5) is 10.1. The zero-order valence-corrected chi connectivity index (χ0v) is 9.12. The van der Waals surface area contributed by atoms with Crippen LogP contribution in [-0.2, 0) is 9.31 Å². The van der Waals surface area contributed by atoms with Crippen molar-refractivity contribution in [3.8, 4) is 0 Å². The number of hydrogen-bond donors (Lipinski definition) is 0. The molecule has 0 spiro atoms. The highest BCUT2D eigenvalue weighted by atomic mass is 16.7. The molecule has 16 heavy (non-hydrogen) atoms. The number of nitro groups is 1. The summed E-state index contributed by atoms with van der Waals surface area (Å²) in [6.07, 6.45) is 0.0837. The van der Waals surface area contributed by atoms with Crippen molar-refractivity contribution in [3.63, 3.8) is 0 Å². The van der Waals surface area contributed by atoms with Crippen molar-refractivity contribution >= 4 is 18.3 Å². The molecule has 2 rings (SSSR count). The normalized spacial score (nSPS) is 24.8. The molecular formula is C10H12BNO4. The molecule has 1 saturated heterocycles. The molecule has 5 nitrogen and oxygen atoms in total. The number of nitro benzene ring substituents is 1. The Bertz CT molecular complexity index is 384. The maximum Gasteiger partial charge on any atom is 0.494 e. The van der Waals surface area contributed by atoms with Gasteiger partial charge in [0, 0.05) is 12.1 Å². The Morgan fingerprint density at radius 1 is 1.19 bits per heavy atom. The van der Waals surface area contributed by atoms with Gasteiger partial charge in [-0.25, -0.2) is 0 Å². The molecule has 1 aliphatic rings. The van der Waals surface area contributed by atoms with Crippen LogP contribution in [0.25, 0.3) is 0 Å². The van der Waals surface area contributed by atoms with Crippen LogP contribution in [0, 0.1) is 10.1 Å². The van der Waals surface area contributed by atoms with E-state index < -0.39 is 12.0 Å². The third kappa shape index (κ3) is 2.07. The summed E-state index contributed by atoms with van der Waals surface area (Å²) in [5.74, 6) is 0. The maximum absolute atomic E-state index is 10.5. The van der Waals surface area contributed by atoms with Crippen molar-refractivity contribution in [1.82, 2.24) is 0 Å². The van der Waals surface area contributed by atoms with Gasteiger partial charge < -0.3 is 9.31 Å². The first-order valence-electron chi connectivity index (χ1n) is 5.13. The Balaban J connectivity index is 2.14. The lowest BCUT2D eigenvalue weighted by Crippen LogP contribution is -2.32. The number of non-ortho nitro benzene ring substituents is 1. The summed E-state index contributed by atoms with van der Waals surface area (Å²) in [5.41, 5.74) is 0.879. The topological polar surface area (TPSA) is 61.6 Å². The van der Waals surface area contributed by atoms with E-state index in [1.807, 2.05) is 13.8 Å². The van der Waals surface area contributed by atoms with E-state index in [2.05, 4.69) is 0 Å². The highest BCUT2D eigenvalue weighted by Crippen LogP contribution is 2.16. The molecule has 1 aromatic carbocycles. The summed E-state index contributed by atoms with van der Waals surface area (Å²) in [6, 6.07) is 6.23. The molecule has 0 aliphatic carbocycles. The van der Waals surface area contributed by atoms with Gasteiger partial charge in [0.1, 0.15) is 0 Å². The Hall–Kier alpha value is -1.40. The lowest BCUT2D eigenvalue weighted by atomic mass is 9.79. The second kappa shape index (κ2) is 4.23. The molecule has 0 amide bonds. The maximum atomic E-state index is 10.5. The van der Waals surface area contributed by atoms with Crippen molar-refractivity contribution in [2.45, 2.75) is 26.1 Å². The molecule has 2 unspecified atom stereocenters. The highest BCUT2D eigenvalue weighted by molar-refractivity contribution is 6.61. The van der Waals surface area contributed by atoms with Crippen molar-refractivity contribution in [2.24, 2.45) is 0 Å². The molecule has 1 fully saturated rings. The van der Waals surface area contributed by atoms with E-state index in [-0.39, 0.29) is 17.9 Å². The number of rotatable bonds is 2. The third-order valence-electron chi connectivity index (χ3n) is 2.71. The molecular weight excluding hydrogens is 209 g/mol. The number of nitrogens with zero attached hydrogens (tertiary/aromatic N) is 1.